The molecule has 0 radical (unpaired) electrons. The van der Waals surface area contributed by atoms with Crippen molar-refractivity contribution in [2.24, 2.45) is 0 Å². The number of carbonyl (C=O) groups excluding carboxylic acids is 1. The minimum Gasteiger partial charge on any atom is -0.544 e. The first-order valence-electron chi connectivity index (χ1n) is 7.77. The Morgan fingerprint density at radius 1 is 1.38 bits per heavy atom. The Morgan fingerprint density at radius 3 is 2.54 bits per heavy atom. The van der Waals surface area contributed by atoms with E-state index in [1.54, 1.807) is 12.1 Å². The van der Waals surface area contributed by atoms with Crippen LogP contribution in [-0.2, 0) is 19.3 Å². The van der Waals surface area contributed by atoms with Gasteiger partial charge in [-0.2, -0.15) is 6.61 Å². The molecule has 0 aliphatic carbocycles. The number of sulfone groups is 1. The van der Waals surface area contributed by atoms with Gasteiger partial charge in [0.1, 0.15) is 6.10 Å². The van der Waals surface area contributed by atoms with Crippen LogP contribution in [0.25, 0.3) is 0 Å². The number of benzene rings is 1. The van der Waals surface area contributed by atoms with E-state index in [1.807, 2.05) is 6.92 Å². The average Bonchev–Trinajstić information content (AvgIpc) is 2.87. The zero-order valence-corrected chi connectivity index (χ0v) is 19.4. The summed E-state index contributed by atoms with van der Waals surface area (Å²) in [6.07, 6.45) is -3.69. The van der Waals surface area contributed by atoms with Crippen LogP contribution in [0.3, 0.4) is 0 Å². The number of carbonyl (C=O) groups is 1. The van der Waals surface area contributed by atoms with E-state index in [4.69, 9.17) is 14.6 Å². The van der Waals surface area contributed by atoms with Gasteiger partial charge >= 0.3 is 6.09 Å². The van der Waals surface area contributed by atoms with Crippen molar-refractivity contribution >= 4 is 15.9 Å². The molecule has 0 spiro atoms. The minimum atomic E-state index is -3.59. The number of ether oxygens (including phenoxy) is 2. The van der Waals surface area contributed by atoms with Crippen LogP contribution in [0.4, 0.5) is 4.79 Å². The molecule has 1 aromatic rings. The van der Waals surface area contributed by atoms with Gasteiger partial charge in [0, 0.05) is 31.1 Å². The second-order valence-electron chi connectivity index (χ2n) is 5.96. The third-order valence-corrected chi connectivity index (χ3v) is 5.65. The van der Waals surface area contributed by atoms with Gasteiger partial charge in [-0.25, -0.2) is 13.2 Å². The summed E-state index contributed by atoms with van der Waals surface area (Å²) in [5.41, 5.74) is 0.942. The fourth-order valence-corrected chi connectivity index (χ4v) is 3.82. The van der Waals surface area contributed by atoms with E-state index in [9.17, 15) is 18.3 Å². The molecule has 0 bridgehead atoms. The third kappa shape index (κ3) is 6.22. The first kappa shape index (κ1) is 23.4. The summed E-state index contributed by atoms with van der Waals surface area (Å²) in [4.78, 5) is 12.0. The van der Waals surface area contributed by atoms with Crippen molar-refractivity contribution < 1.29 is 64.0 Å². The standard InChI is InChI=1S/C16H22NO7S.U/c1-10-3-5-12(6-4-10)25(21,22)9-11(2)24-16(20)17-13-8-23-14(7-18)15(13)19;/h3-6,8,11,13-15,18-19H,7,9H2,1-2H3,(H,17,20);/q-1;/t11?,13?,14-,15?;/m1./s1. The van der Waals surface area contributed by atoms with Crippen molar-refractivity contribution in [3.63, 3.8) is 0 Å². The molecule has 3 unspecified atom stereocenters. The fraction of sp³-hybridized carbons (Fsp3) is 0.500. The first-order chi connectivity index (χ1) is 11.7. The van der Waals surface area contributed by atoms with E-state index < -0.39 is 46.9 Å². The molecule has 26 heavy (non-hydrogen) atoms. The predicted molar refractivity (Wildman–Crippen MR) is 88.4 cm³/mol. The summed E-state index contributed by atoms with van der Waals surface area (Å²) in [5, 5.41) is 21.1. The van der Waals surface area contributed by atoms with Gasteiger partial charge in [0.05, 0.1) is 29.5 Å². The van der Waals surface area contributed by atoms with E-state index in [1.165, 1.54) is 25.7 Å². The number of aryl methyl sites for hydroxylation is 1. The number of alkyl carbamates (subject to hydrolysis) is 1. The zero-order chi connectivity index (χ0) is 18.6. The van der Waals surface area contributed by atoms with Crippen molar-refractivity contribution in [1.82, 2.24) is 5.32 Å². The number of nitrogens with one attached hydrogen (secondary N) is 1. The van der Waals surface area contributed by atoms with Crippen molar-refractivity contribution in [3.8, 4) is 0 Å². The Kier molecular flexibility index (Phi) is 9.06. The van der Waals surface area contributed by atoms with Gasteiger partial charge in [-0.3, -0.25) is 0 Å². The molecule has 8 nitrogen and oxygen atoms in total. The molecule has 0 saturated carbocycles. The van der Waals surface area contributed by atoms with Gasteiger partial charge in [-0.1, -0.05) is 17.7 Å². The second kappa shape index (κ2) is 10.1. The molecular formula is C16H22NO7SU-. The Hall–Kier alpha value is -0.628. The molecular weight excluding hydrogens is 588 g/mol. The Morgan fingerprint density at radius 2 is 2.00 bits per heavy atom. The van der Waals surface area contributed by atoms with Gasteiger partial charge in [0.2, 0.25) is 0 Å². The molecule has 144 valence electrons. The van der Waals surface area contributed by atoms with Crippen LogP contribution in [0.1, 0.15) is 12.5 Å². The summed E-state index contributed by atoms with van der Waals surface area (Å²) in [6.45, 7) is 4.12. The number of rotatable bonds is 6. The third-order valence-electron chi connectivity index (χ3n) is 3.76. The predicted octanol–water partition coefficient (Wildman–Crippen LogP) is 0.166. The van der Waals surface area contributed by atoms with Crippen molar-refractivity contribution in [2.45, 2.75) is 43.1 Å². The normalized spacial score (nSPS) is 23.8. The maximum absolute atomic E-state index is 12.3. The molecule has 1 heterocycles. The van der Waals surface area contributed by atoms with E-state index >= 15 is 0 Å². The topological polar surface area (TPSA) is 122 Å². The average molecular weight is 610 g/mol. The van der Waals surface area contributed by atoms with Crippen LogP contribution in [0.2, 0.25) is 0 Å². The number of hydrogen-bond acceptors (Lipinski definition) is 7. The number of hydrogen-bond donors (Lipinski definition) is 3. The Balaban J connectivity index is 0.00000338. The van der Waals surface area contributed by atoms with Crippen LogP contribution in [0.15, 0.2) is 29.2 Å². The van der Waals surface area contributed by atoms with Gasteiger partial charge in [-0.05, 0) is 32.0 Å². The van der Waals surface area contributed by atoms with Gasteiger partial charge in [0.25, 0.3) is 0 Å². The minimum absolute atomic E-state index is 0. The molecule has 1 saturated heterocycles. The number of aliphatic hydroxyl groups excluding tert-OH is 2. The number of aliphatic hydroxyl groups is 2. The fourth-order valence-electron chi connectivity index (χ4n) is 2.39. The molecule has 1 fully saturated rings. The maximum atomic E-state index is 12.3. The van der Waals surface area contributed by atoms with Crippen LogP contribution in [0, 0.1) is 44.6 Å². The molecule has 1 aliphatic heterocycles. The molecule has 10 heteroatoms. The molecule has 2 rings (SSSR count). The van der Waals surface area contributed by atoms with E-state index in [0.29, 0.717) is 0 Å². The summed E-state index contributed by atoms with van der Waals surface area (Å²) in [6, 6.07) is 5.56. The Bertz CT molecular complexity index is 695. The van der Waals surface area contributed by atoms with Crippen LogP contribution in [0.5, 0.6) is 0 Å². The Labute approximate surface area is 176 Å². The van der Waals surface area contributed by atoms with E-state index in [2.05, 4.69) is 5.32 Å². The maximum Gasteiger partial charge on any atom is 0.405 e. The summed E-state index contributed by atoms with van der Waals surface area (Å²) < 4.78 is 34.6. The SMILES string of the molecule is Cc1ccc(S(=O)(=O)CC(C)OC(=O)NC2[CH-]O[C@H](CO)C2O)cc1.[U]. The van der Waals surface area contributed by atoms with E-state index in [-0.39, 0.29) is 41.8 Å². The van der Waals surface area contributed by atoms with Gasteiger partial charge in [-0.15, -0.1) is 0 Å². The van der Waals surface area contributed by atoms with Crippen LogP contribution in [-0.4, -0.2) is 61.4 Å². The second-order valence-corrected chi connectivity index (χ2v) is 8.00. The molecule has 0 aromatic heterocycles. The van der Waals surface area contributed by atoms with Crippen molar-refractivity contribution in [3.05, 3.63) is 36.4 Å². The molecule has 4 atom stereocenters. The van der Waals surface area contributed by atoms with Gasteiger partial charge < -0.3 is 25.0 Å². The molecule has 1 amide bonds. The first-order valence-corrected chi connectivity index (χ1v) is 9.42. The monoisotopic (exact) mass is 610 g/mol. The van der Waals surface area contributed by atoms with Crippen LogP contribution >= 0.6 is 0 Å². The number of amides is 1. The molecule has 1 aliphatic rings. The van der Waals surface area contributed by atoms with Crippen molar-refractivity contribution in [1.29, 1.82) is 0 Å². The summed E-state index contributed by atoms with van der Waals surface area (Å²) in [5.74, 6) is -0.365. The smallest absolute Gasteiger partial charge is 0.405 e. The largest absolute Gasteiger partial charge is 0.544 e. The molecule has 1 aromatic carbocycles. The summed E-state index contributed by atoms with van der Waals surface area (Å²) >= 11 is 0. The van der Waals surface area contributed by atoms with Gasteiger partial charge in [0.15, 0.2) is 9.84 Å². The van der Waals surface area contributed by atoms with Crippen molar-refractivity contribution in [2.75, 3.05) is 12.4 Å². The van der Waals surface area contributed by atoms with E-state index in [0.717, 1.165) is 5.56 Å². The van der Waals surface area contributed by atoms with Crippen LogP contribution < -0.4 is 5.32 Å². The summed E-state index contributed by atoms with van der Waals surface area (Å²) in [7, 11) is -3.59. The quantitative estimate of drug-likeness (QED) is 0.393. The molecule has 3 N–H and O–H groups in total. The zero-order valence-electron chi connectivity index (χ0n) is 14.5.